The molecule has 1 aromatic heterocycles. The molecule has 34 heavy (non-hydrogen) atoms. The van der Waals surface area contributed by atoms with Gasteiger partial charge in [-0.2, -0.15) is 0 Å². The second kappa shape index (κ2) is 9.52. The smallest absolute Gasteiger partial charge is 0.266 e. The molecular formula is C26H22N4O3S. The van der Waals surface area contributed by atoms with E-state index >= 15 is 0 Å². The molecule has 2 N–H and O–H groups in total. The number of para-hydroxylation sites is 3. The molecule has 2 amide bonds. The van der Waals surface area contributed by atoms with Gasteiger partial charge in [0.15, 0.2) is 5.16 Å². The fourth-order valence-electron chi connectivity index (χ4n) is 3.61. The number of thioether (sulfide) groups is 1. The quantitative estimate of drug-likeness (QED) is 0.315. The fourth-order valence-corrected chi connectivity index (χ4v) is 4.42. The average molecular weight is 471 g/mol. The zero-order valence-corrected chi connectivity index (χ0v) is 19.0. The highest BCUT2D eigenvalue weighted by Crippen LogP contribution is 2.24. The Balaban J connectivity index is 1.39. The van der Waals surface area contributed by atoms with E-state index < -0.39 is 0 Å². The van der Waals surface area contributed by atoms with Crippen molar-refractivity contribution in [2.24, 2.45) is 0 Å². The maximum Gasteiger partial charge on any atom is 0.266 e. The molecule has 5 rings (SSSR count). The second-order valence-electron chi connectivity index (χ2n) is 8.02. The van der Waals surface area contributed by atoms with Crippen LogP contribution >= 0.6 is 11.8 Å². The van der Waals surface area contributed by atoms with Gasteiger partial charge >= 0.3 is 0 Å². The lowest BCUT2D eigenvalue weighted by Gasteiger charge is -2.14. The van der Waals surface area contributed by atoms with Crippen LogP contribution in [0.3, 0.4) is 0 Å². The van der Waals surface area contributed by atoms with Gasteiger partial charge in [-0.05, 0) is 49.2 Å². The van der Waals surface area contributed by atoms with Crippen LogP contribution < -0.4 is 16.2 Å². The lowest BCUT2D eigenvalue weighted by Crippen LogP contribution is -2.27. The predicted octanol–water partition coefficient (Wildman–Crippen LogP) is 4.01. The summed E-state index contributed by atoms with van der Waals surface area (Å²) in [6.45, 7) is 0. The van der Waals surface area contributed by atoms with E-state index in [1.54, 1.807) is 42.5 Å². The number of nitrogens with one attached hydrogen (secondary N) is 2. The molecule has 0 spiro atoms. The normalized spacial score (nSPS) is 12.9. The third kappa shape index (κ3) is 4.72. The van der Waals surface area contributed by atoms with E-state index in [2.05, 4.69) is 15.6 Å². The fraction of sp³-hybridized carbons (Fsp3) is 0.154. The van der Waals surface area contributed by atoms with Crippen LogP contribution in [0.2, 0.25) is 0 Å². The topological polar surface area (TPSA) is 93.1 Å². The summed E-state index contributed by atoms with van der Waals surface area (Å²) in [4.78, 5) is 43.3. The zero-order valence-electron chi connectivity index (χ0n) is 18.2. The number of anilines is 1. The highest BCUT2D eigenvalue weighted by Gasteiger charge is 2.25. The van der Waals surface area contributed by atoms with Crippen molar-refractivity contribution in [1.82, 2.24) is 14.9 Å². The van der Waals surface area contributed by atoms with Crippen LogP contribution in [0.5, 0.6) is 0 Å². The van der Waals surface area contributed by atoms with Gasteiger partial charge < -0.3 is 10.6 Å². The highest BCUT2D eigenvalue weighted by molar-refractivity contribution is 7.99. The maximum absolute atomic E-state index is 13.3. The van der Waals surface area contributed by atoms with Crippen molar-refractivity contribution in [3.63, 3.8) is 0 Å². The number of carbonyl (C=O) groups excluding carboxylic acids is 2. The van der Waals surface area contributed by atoms with Gasteiger partial charge in [0.25, 0.3) is 11.5 Å². The van der Waals surface area contributed by atoms with Gasteiger partial charge in [-0.3, -0.25) is 19.0 Å². The Hall–Kier alpha value is -3.91. The molecule has 0 saturated heterocycles. The SMILES string of the molecule is O=C(CSc1nc2ccccc2c(=O)n1-c1ccccc1)Nc1ccccc1C(=O)NC1CC1. The van der Waals surface area contributed by atoms with Crippen LogP contribution in [0.1, 0.15) is 23.2 Å². The Morgan fingerprint density at radius 2 is 1.65 bits per heavy atom. The molecule has 7 nitrogen and oxygen atoms in total. The first-order valence-corrected chi connectivity index (χ1v) is 12.0. The minimum atomic E-state index is -0.293. The average Bonchev–Trinajstić information content (AvgIpc) is 3.68. The van der Waals surface area contributed by atoms with Gasteiger partial charge in [0.05, 0.1) is 33.6 Å². The molecule has 8 heteroatoms. The van der Waals surface area contributed by atoms with E-state index in [1.807, 2.05) is 36.4 Å². The summed E-state index contributed by atoms with van der Waals surface area (Å²) in [5.41, 5.74) is 1.94. The van der Waals surface area contributed by atoms with Gasteiger partial charge in [-0.15, -0.1) is 0 Å². The molecule has 0 aliphatic heterocycles. The molecule has 4 aromatic rings. The summed E-state index contributed by atoms with van der Waals surface area (Å²) < 4.78 is 1.53. The van der Waals surface area contributed by atoms with Crippen molar-refractivity contribution in [2.45, 2.75) is 24.0 Å². The zero-order chi connectivity index (χ0) is 23.5. The predicted molar refractivity (Wildman–Crippen MR) is 134 cm³/mol. The Kier molecular flexibility index (Phi) is 6.14. The minimum absolute atomic E-state index is 0.0240. The largest absolute Gasteiger partial charge is 0.349 e. The number of hydrogen-bond donors (Lipinski definition) is 2. The minimum Gasteiger partial charge on any atom is -0.349 e. The van der Waals surface area contributed by atoms with E-state index in [4.69, 9.17) is 0 Å². The maximum atomic E-state index is 13.3. The lowest BCUT2D eigenvalue weighted by atomic mass is 10.1. The van der Waals surface area contributed by atoms with Crippen LogP contribution in [-0.2, 0) is 4.79 Å². The van der Waals surface area contributed by atoms with Gasteiger partial charge in [-0.1, -0.05) is 54.2 Å². The van der Waals surface area contributed by atoms with Gasteiger partial charge in [-0.25, -0.2) is 4.98 Å². The standard InChI is InChI=1S/C26H22N4O3S/c31-23(28-21-12-6-4-10-19(21)24(32)27-17-14-15-17)16-34-26-29-22-13-7-5-11-20(22)25(33)30(26)18-8-2-1-3-9-18/h1-13,17H,14-16H2,(H,27,32)(H,28,31). The molecule has 0 radical (unpaired) electrons. The van der Waals surface area contributed by atoms with Crippen LogP contribution in [0.25, 0.3) is 16.6 Å². The number of amides is 2. The molecule has 1 saturated carbocycles. The molecule has 1 aliphatic rings. The summed E-state index contributed by atoms with van der Waals surface area (Å²) in [5.74, 6) is -0.463. The number of nitrogens with zero attached hydrogens (tertiary/aromatic N) is 2. The van der Waals surface area contributed by atoms with E-state index in [0.29, 0.717) is 33.0 Å². The summed E-state index contributed by atoms with van der Waals surface area (Å²) >= 11 is 1.17. The van der Waals surface area contributed by atoms with Crippen LogP contribution in [0.4, 0.5) is 5.69 Å². The Morgan fingerprint density at radius 3 is 2.44 bits per heavy atom. The van der Waals surface area contributed by atoms with Crippen LogP contribution in [0.15, 0.2) is 88.8 Å². The third-order valence-electron chi connectivity index (χ3n) is 5.45. The molecule has 1 heterocycles. The Bertz CT molecular complexity index is 1430. The van der Waals surface area contributed by atoms with Crippen molar-refractivity contribution in [3.8, 4) is 5.69 Å². The molecule has 1 aliphatic carbocycles. The molecular weight excluding hydrogens is 448 g/mol. The lowest BCUT2D eigenvalue weighted by molar-refractivity contribution is -0.113. The van der Waals surface area contributed by atoms with Crippen LogP contribution in [-0.4, -0.2) is 33.2 Å². The molecule has 0 unspecified atom stereocenters. The molecule has 170 valence electrons. The van der Waals surface area contributed by atoms with E-state index in [-0.39, 0.29) is 29.2 Å². The number of hydrogen-bond acceptors (Lipinski definition) is 5. The first-order chi connectivity index (χ1) is 16.6. The Morgan fingerprint density at radius 1 is 0.941 bits per heavy atom. The summed E-state index contributed by atoms with van der Waals surface area (Å²) in [5, 5.41) is 6.71. The van der Waals surface area contributed by atoms with Gasteiger partial charge in [0.1, 0.15) is 0 Å². The van der Waals surface area contributed by atoms with E-state index in [1.165, 1.54) is 16.3 Å². The highest BCUT2D eigenvalue weighted by atomic mass is 32.2. The molecule has 0 atom stereocenters. The monoisotopic (exact) mass is 470 g/mol. The number of fused-ring (bicyclic) bond motifs is 1. The van der Waals surface area contributed by atoms with Gasteiger partial charge in [0, 0.05) is 6.04 Å². The number of rotatable bonds is 7. The molecule has 0 bridgehead atoms. The first-order valence-electron chi connectivity index (χ1n) is 11.0. The molecule has 3 aromatic carbocycles. The Labute approximate surface area is 200 Å². The van der Waals surface area contributed by atoms with Crippen LogP contribution in [0, 0.1) is 0 Å². The van der Waals surface area contributed by atoms with E-state index in [0.717, 1.165) is 12.8 Å². The number of benzene rings is 3. The number of carbonyl (C=O) groups is 2. The van der Waals surface area contributed by atoms with E-state index in [9.17, 15) is 14.4 Å². The van der Waals surface area contributed by atoms with Crippen molar-refractivity contribution < 1.29 is 9.59 Å². The summed E-state index contributed by atoms with van der Waals surface area (Å²) in [6, 6.07) is 23.6. The van der Waals surface area contributed by atoms with Crippen molar-refractivity contribution >= 4 is 40.2 Å². The third-order valence-corrected chi connectivity index (χ3v) is 6.39. The van der Waals surface area contributed by atoms with Crippen molar-refractivity contribution in [3.05, 3.63) is 94.8 Å². The second-order valence-corrected chi connectivity index (χ2v) is 8.96. The number of aromatic nitrogens is 2. The van der Waals surface area contributed by atoms with Gasteiger partial charge in [0.2, 0.25) is 5.91 Å². The van der Waals surface area contributed by atoms with Crippen molar-refractivity contribution in [2.75, 3.05) is 11.1 Å². The first kappa shape index (κ1) is 21.9. The summed E-state index contributed by atoms with van der Waals surface area (Å²) in [7, 11) is 0. The van der Waals surface area contributed by atoms with Crippen molar-refractivity contribution in [1.29, 1.82) is 0 Å². The summed E-state index contributed by atoms with van der Waals surface area (Å²) in [6.07, 6.45) is 1.97. The molecule has 1 fully saturated rings.